The SMILES string of the molecule is COCCOC(=O)N1CC(N2CCC(c3cc(NC(=O)c4cnn5cccnc45)n(-c4ccc(C)cc4)n3)CC2)C1. The summed E-state index contributed by atoms with van der Waals surface area (Å²) in [7, 11) is 1.59. The molecular weight excluding hydrogens is 524 g/mol. The van der Waals surface area contributed by atoms with E-state index in [9.17, 15) is 9.59 Å². The molecular formula is C29H34N8O4. The summed E-state index contributed by atoms with van der Waals surface area (Å²) in [6, 6.07) is 12.2. The summed E-state index contributed by atoms with van der Waals surface area (Å²) in [6.45, 7) is 5.94. The molecule has 3 aromatic heterocycles. The Morgan fingerprint density at radius 2 is 1.88 bits per heavy atom. The molecule has 0 atom stereocenters. The molecule has 41 heavy (non-hydrogen) atoms. The summed E-state index contributed by atoms with van der Waals surface area (Å²) in [6.07, 6.45) is 6.56. The second kappa shape index (κ2) is 11.7. The molecule has 0 bridgehead atoms. The van der Waals surface area contributed by atoms with Crippen molar-refractivity contribution < 1.29 is 19.1 Å². The zero-order valence-corrected chi connectivity index (χ0v) is 23.3. The van der Waals surface area contributed by atoms with Crippen LogP contribution in [0.15, 0.2) is 55.0 Å². The molecule has 0 saturated carbocycles. The number of nitrogens with one attached hydrogen (secondary N) is 1. The molecule has 5 heterocycles. The number of ether oxygens (including phenoxy) is 2. The first-order valence-electron chi connectivity index (χ1n) is 13.9. The minimum Gasteiger partial charge on any atom is -0.447 e. The van der Waals surface area contributed by atoms with E-state index >= 15 is 0 Å². The van der Waals surface area contributed by atoms with Crippen LogP contribution in [0.2, 0.25) is 0 Å². The number of hydrogen-bond acceptors (Lipinski definition) is 8. The van der Waals surface area contributed by atoms with Crippen molar-refractivity contribution in [2.45, 2.75) is 31.7 Å². The molecule has 0 aliphatic carbocycles. The fraction of sp³-hybridized carbons (Fsp3) is 0.414. The lowest BCUT2D eigenvalue weighted by molar-refractivity contribution is 0.00592. The molecule has 214 valence electrons. The number of aromatic nitrogens is 5. The summed E-state index contributed by atoms with van der Waals surface area (Å²) < 4.78 is 13.5. The molecule has 12 nitrogen and oxygen atoms in total. The van der Waals surface area contributed by atoms with Crippen molar-refractivity contribution in [1.82, 2.24) is 34.2 Å². The van der Waals surface area contributed by atoms with Crippen molar-refractivity contribution in [3.05, 3.63) is 71.8 Å². The third kappa shape index (κ3) is 5.66. The predicted molar refractivity (Wildman–Crippen MR) is 151 cm³/mol. The summed E-state index contributed by atoms with van der Waals surface area (Å²) in [5.41, 5.74) is 3.87. The van der Waals surface area contributed by atoms with Gasteiger partial charge in [0.15, 0.2) is 5.65 Å². The summed E-state index contributed by atoms with van der Waals surface area (Å²) >= 11 is 0. The lowest BCUT2D eigenvalue weighted by Crippen LogP contribution is -2.62. The summed E-state index contributed by atoms with van der Waals surface area (Å²) in [5.74, 6) is 0.583. The van der Waals surface area contributed by atoms with Crippen molar-refractivity contribution in [1.29, 1.82) is 0 Å². The number of fused-ring (bicyclic) bond motifs is 1. The van der Waals surface area contributed by atoms with Crippen LogP contribution in [0, 0.1) is 6.92 Å². The summed E-state index contributed by atoms with van der Waals surface area (Å²) in [5, 5.41) is 12.3. The smallest absolute Gasteiger partial charge is 0.409 e. The number of benzene rings is 1. The van der Waals surface area contributed by atoms with Crippen LogP contribution >= 0.6 is 0 Å². The number of likely N-dealkylation sites (tertiary alicyclic amines) is 2. The second-order valence-electron chi connectivity index (χ2n) is 10.6. The fourth-order valence-corrected chi connectivity index (χ4v) is 5.44. The van der Waals surface area contributed by atoms with Crippen molar-refractivity contribution in [2.75, 3.05) is 51.8 Å². The van der Waals surface area contributed by atoms with Gasteiger partial charge >= 0.3 is 6.09 Å². The lowest BCUT2D eigenvalue weighted by atomic mass is 9.92. The fourth-order valence-electron chi connectivity index (χ4n) is 5.44. The predicted octanol–water partition coefficient (Wildman–Crippen LogP) is 3.12. The first kappa shape index (κ1) is 26.9. The molecule has 2 amide bonds. The maximum atomic E-state index is 13.3. The molecule has 6 rings (SSSR count). The van der Waals surface area contributed by atoms with E-state index in [1.54, 1.807) is 39.7 Å². The van der Waals surface area contributed by atoms with Gasteiger partial charge in [0.2, 0.25) is 0 Å². The largest absolute Gasteiger partial charge is 0.447 e. The molecule has 0 radical (unpaired) electrons. The number of hydrogen-bond donors (Lipinski definition) is 1. The Morgan fingerprint density at radius 1 is 1.10 bits per heavy atom. The van der Waals surface area contributed by atoms with E-state index in [0.29, 0.717) is 42.8 Å². The average Bonchev–Trinajstić information content (AvgIpc) is 3.58. The monoisotopic (exact) mass is 558 g/mol. The van der Waals surface area contributed by atoms with Gasteiger partial charge in [-0.3, -0.25) is 9.69 Å². The van der Waals surface area contributed by atoms with E-state index in [-0.39, 0.29) is 24.5 Å². The molecule has 2 aliphatic heterocycles. The Hall–Kier alpha value is -4.29. The minimum atomic E-state index is -0.288. The highest BCUT2D eigenvalue weighted by Crippen LogP contribution is 2.32. The van der Waals surface area contributed by atoms with Gasteiger partial charge in [-0.1, -0.05) is 17.7 Å². The quantitative estimate of drug-likeness (QED) is 0.328. The lowest BCUT2D eigenvalue weighted by Gasteiger charge is -2.46. The molecule has 0 unspecified atom stereocenters. The van der Waals surface area contributed by atoms with Gasteiger partial charge in [-0.2, -0.15) is 10.2 Å². The maximum absolute atomic E-state index is 13.3. The number of rotatable bonds is 8. The molecule has 4 aromatic rings. The van der Waals surface area contributed by atoms with Crippen LogP contribution in [0.25, 0.3) is 11.3 Å². The maximum Gasteiger partial charge on any atom is 0.409 e. The third-order valence-electron chi connectivity index (χ3n) is 7.87. The van der Waals surface area contributed by atoms with Gasteiger partial charge in [-0.15, -0.1) is 0 Å². The van der Waals surface area contributed by atoms with Gasteiger partial charge < -0.3 is 19.7 Å². The van der Waals surface area contributed by atoms with E-state index in [1.807, 2.05) is 37.3 Å². The van der Waals surface area contributed by atoms with Gasteiger partial charge in [0.05, 0.1) is 24.2 Å². The molecule has 2 fully saturated rings. The Balaban J connectivity index is 1.13. The Bertz CT molecular complexity index is 1520. The van der Waals surface area contributed by atoms with E-state index in [1.165, 1.54) is 6.20 Å². The number of nitrogens with zero attached hydrogens (tertiary/aromatic N) is 7. The number of methoxy groups -OCH3 is 1. The van der Waals surface area contributed by atoms with Crippen molar-refractivity contribution in [3.8, 4) is 5.69 Å². The van der Waals surface area contributed by atoms with E-state index in [4.69, 9.17) is 14.6 Å². The Morgan fingerprint density at radius 3 is 2.63 bits per heavy atom. The van der Waals surface area contributed by atoms with Crippen LogP contribution in [0.4, 0.5) is 10.6 Å². The summed E-state index contributed by atoms with van der Waals surface area (Å²) in [4.78, 5) is 34.0. The van der Waals surface area contributed by atoms with Crippen LogP contribution in [0.5, 0.6) is 0 Å². The first-order valence-corrected chi connectivity index (χ1v) is 13.9. The van der Waals surface area contributed by atoms with Crippen molar-refractivity contribution >= 4 is 23.5 Å². The standard InChI is InChI=1S/C29H34N8O4/c1-20-4-6-22(7-5-20)37-26(32-28(38)24-17-31-36-11-3-10-30-27(24)36)16-25(33-37)21-8-12-34(13-9-21)23-18-35(19-23)29(39)41-15-14-40-2/h3-7,10-11,16-17,21,23H,8-9,12-15,18-19H2,1-2H3,(H,32,38). The Kier molecular flexibility index (Phi) is 7.66. The van der Waals surface area contributed by atoms with Crippen molar-refractivity contribution in [3.63, 3.8) is 0 Å². The number of piperidine rings is 1. The first-order chi connectivity index (χ1) is 20.0. The van der Waals surface area contributed by atoms with Gasteiger partial charge in [0.1, 0.15) is 18.0 Å². The third-order valence-corrected chi connectivity index (χ3v) is 7.87. The number of anilines is 1. The van der Waals surface area contributed by atoms with E-state index in [2.05, 4.69) is 20.3 Å². The topological polar surface area (TPSA) is 119 Å². The highest BCUT2D eigenvalue weighted by atomic mass is 16.6. The second-order valence-corrected chi connectivity index (χ2v) is 10.6. The minimum absolute atomic E-state index is 0.266. The van der Waals surface area contributed by atoms with Crippen molar-refractivity contribution in [2.24, 2.45) is 0 Å². The van der Waals surface area contributed by atoms with Gasteiger partial charge in [-0.05, 0) is 51.1 Å². The molecule has 1 aromatic carbocycles. The molecule has 1 N–H and O–H groups in total. The average molecular weight is 559 g/mol. The Labute approximate surface area is 237 Å². The number of aryl methyl sites for hydroxylation is 1. The number of carbonyl (C=O) groups is 2. The van der Waals surface area contributed by atoms with Gasteiger partial charge in [0, 0.05) is 50.6 Å². The van der Waals surface area contributed by atoms with Crippen LogP contribution < -0.4 is 5.32 Å². The normalized spacial score (nSPS) is 16.6. The molecule has 12 heteroatoms. The van der Waals surface area contributed by atoms with E-state index < -0.39 is 0 Å². The zero-order chi connectivity index (χ0) is 28.3. The molecule has 2 saturated heterocycles. The molecule has 0 spiro atoms. The highest BCUT2D eigenvalue weighted by Gasteiger charge is 2.37. The number of carbonyl (C=O) groups excluding carboxylic acids is 2. The molecule has 2 aliphatic rings. The number of amides is 2. The van der Waals surface area contributed by atoms with Crippen LogP contribution in [-0.4, -0.2) is 98.7 Å². The van der Waals surface area contributed by atoms with E-state index in [0.717, 1.165) is 42.9 Å². The van der Waals surface area contributed by atoms with Crippen LogP contribution in [0.3, 0.4) is 0 Å². The van der Waals surface area contributed by atoms with Gasteiger partial charge in [0.25, 0.3) is 5.91 Å². The highest BCUT2D eigenvalue weighted by molar-refractivity contribution is 6.07. The van der Waals surface area contributed by atoms with Crippen LogP contribution in [-0.2, 0) is 9.47 Å². The zero-order valence-electron chi connectivity index (χ0n) is 23.3. The van der Waals surface area contributed by atoms with Crippen LogP contribution in [0.1, 0.15) is 40.4 Å². The van der Waals surface area contributed by atoms with Gasteiger partial charge in [-0.25, -0.2) is 19.0 Å².